The second kappa shape index (κ2) is 5.72. The molecule has 0 aliphatic carbocycles. The van der Waals surface area contributed by atoms with Gasteiger partial charge in [-0.1, -0.05) is 12.1 Å². The smallest absolute Gasteiger partial charge is 0.261 e. The third kappa shape index (κ3) is 3.12. The van der Waals surface area contributed by atoms with Crippen molar-refractivity contribution in [1.29, 1.82) is 0 Å². The highest BCUT2D eigenvalue weighted by atomic mass is 127. The summed E-state index contributed by atoms with van der Waals surface area (Å²) < 4.78 is 6.16. The van der Waals surface area contributed by atoms with E-state index in [1.54, 1.807) is 17.8 Å². The molecule has 90 valence electrons. The molecule has 0 atom stereocenters. The second-order valence-corrected chi connectivity index (χ2v) is 5.83. The topological polar surface area (TPSA) is 59.2 Å². The fraction of sp³-hybridized carbons (Fsp3) is 0.273. The van der Waals surface area contributed by atoms with Crippen molar-refractivity contribution in [2.75, 3.05) is 5.75 Å². The molecule has 0 unspecified atom stereocenters. The minimum atomic E-state index is 0.156. The number of aromatic hydroxyl groups is 1. The van der Waals surface area contributed by atoms with Crippen LogP contribution in [0.15, 0.2) is 22.7 Å². The van der Waals surface area contributed by atoms with Gasteiger partial charge in [-0.15, -0.1) is 0 Å². The van der Waals surface area contributed by atoms with E-state index in [1.165, 1.54) is 0 Å². The largest absolute Gasteiger partial charge is 0.507 e. The first-order chi connectivity index (χ1) is 8.20. The summed E-state index contributed by atoms with van der Waals surface area (Å²) in [6.45, 7) is 2.08. The summed E-state index contributed by atoms with van der Waals surface area (Å²) in [4.78, 5) is 4.26. The molecule has 0 saturated heterocycles. The van der Waals surface area contributed by atoms with E-state index in [1.807, 2.05) is 12.1 Å². The Bertz CT molecular complexity index is 516. The van der Waals surface area contributed by atoms with Crippen molar-refractivity contribution in [3.8, 4) is 17.2 Å². The summed E-state index contributed by atoms with van der Waals surface area (Å²) in [6.07, 6.45) is 0. The monoisotopic (exact) mass is 362 g/mol. The maximum absolute atomic E-state index is 9.74. The van der Waals surface area contributed by atoms with Crippen molar-refractivity contribution in [1.82, 2.24) is 10.1 Å². The van der Waals surface area contributed by atoms with Crippen LogP contribution in [0.4, 0.5) is 0 Å². The van der Waals surface area contributed by atoms with E-state index in [2.05, 4.69) is 39.7 Å². The standard InChI is InChI=1S/C11H11IN2O2S/c1-2-17-6-10-13-11(16-14-10)8-5-7(12)3-4-9(8)15/h3-5,15H,2,6H2,1H3. The van der Waals surface area contributed by atoms with Crippen molar-refractivity contribution in [3.63, 3.8) is 0 Å². The molecule has 0 amide bonds. The Morgan fingerprint density at radius 1 is 1.47 bits per heavy atom. The molecule has 2 rings (SSSR count). The van der Waals surface area contributed by atoms with E-state index < -0.39 is 0 Å². The average molecular weight is 362 g/mol. The van der Waals surface area contributed by atoms with Gasteiger partial charge in [0, 0.05) is 3.57 Å². The zero-order valence-electron chi connectivity index (χ0n) is 9.18. The Labute approximate surface area is 117 Å². The number of halogens is 1. The molecule has 2 aromatic rings. The van der Waals surface area contributed by atoms with Crippen LogP contribution in [0.5, 0.6) is 5.75 Å². The summed E-state index contributed by atoms with van der Waals surface area (Å²) in [5.74, 6) is 2.92. The van der Waals surface area contributed by atoms with Gasteiger partial charge in [0.2, 0.25) is 0 Å². The summed E-state index contributed by atoms with van der Waals surface area (Å²) >= 11 is 3.90. The van der Waals surface area contributed by atoms with Crippen LogP contribution in [0.2, 0.25) is 0 Å². The molecule has 0 saturated carbocycles. The number of phenols is 1. The molecule has 4 nitrogen and oxygen atoms in total. The number of hydrogen-bond donors (Lipinski definition) is 1. The van der Waals surface area contributed by atoms with Crippen molar-refractivity contribution >= 4 is 34.4 Å². The van der Waals surface area contributed by atoms with Gasteiger partial charge in [-0.05, 0) is 46.5 Å². The summed E-state index contributed by atoms with van der Waals surface area (Å²) in [5.41, 5.74) is 0.581. The lowest BCUT2D eigenvalue weighted by molar-refractivity contribution is 0.419. The van der Waals surface area contributed by atoms with Crippen molar-refractivity contribution in [2.24, 2.45) is 0 Å². The number of rotatable bonds is 4. The van der Waals surface area contributed by atoms with E-state index >= 15 is 0 Å². The van der Waals surface area contributed by atoms with Gasteiger partial charge < -0.3 is 9.63 Å². The molecule has 0 radical (unpaired) electrons. The first-order valence-electron chi connectivity index (χ1n) is 5.10. The average Bonchev–Trinajstić information content (AvgIpc) is 2.78. The zero-order valence-corrected chi connectivity index (χ0v) is 12.2. The van der Waals surface area contributed by atoms with Crippen LogP contribution in [0.25, 0.3) is 11.5 Å². The van der Waals surface area contributed by atoms with Gasteiger partial charge in [-0.2, -0.15) is 16.7 Å². The summed E-state index contributed by atoms with van der Waals surface area (Å²) in [6, 6.07) is 5.27. The lowest BCUT2D eigenvalue weighted by Gasteiger charge is -1.99. The molecule has 0 spiro atoms. The maximum atomic E-state index is 9.74. The van der Waals surface area contributed by atoms with E-state index in [9.17, 15) is 5.11 Å². The Hall–Kier alpha value is -0.760. The third-order valence-electron chi connectivity index (χ3n) is 2.09. The van der Waals surface area contributed by atoms with Gasteiger partial charge in [0.25, 0.3) is 5.89 Å². The number of benzene rings is 1. The van der Waals surface area contributed by atoms with E-state index in [0.29, 0.717) is 17.3 Å². The van der Waals surface area contributed by atoms with Crippen molar-refractivity contribution in [3.05, 3.63) is 27.6 Å². The van der Waals surface area contributed by atoms with Crippen LogP contribution in [-0.2, 0) is 5.75 Å². The van der Waals surface area contributed by atoms with Gasteiger partial charge in [0.1, 0.15) is 5.75 Å². The molecule has 0 bridgehead atoms. The van der Waals surface area contributed by atoms with Crippen LogP contribution in [0.3, 0.4) is 0 Å². The van der Waals surface area contributed by atoms with Gasteiger partial charge in [0.15, 0.2) is 5.82 Å². The third-order valence-corrected chi connectivity index (χ3v) is 3.63. The fourth-order valence-electron chi connectivity index (χ4n) is 1.29. The Balaban J connectivity index is 2.27. The Kier molecular flexibility index (Phi) is 4.27. The van der Waals surface area contributed by atoms with E-state index in [-0.39, 0.29) is 5.75 Å². The first kappa shape index (κ1) is 12.7. The predicted octanol–water partition coefficient (Wildman–Crippen LogP) is 3.30. The molecule has 0 fully saturated rings. The lowest BCUT2D eigenvalue weighted by Crippen LogP contribution is -1.85. The highest BCUT2D eigenvalue weighted by molar-refractivity contribution is 14.1. The SMILES string of the molecule is CCSCc1noc(-c2cc(I)ccc2O)n1. The van der Waals surface area contributed by atoms with Crippen molar-refractivity contribution < 1.29 is 9.63 Å². The Morgan fingerprint density at radius 3 is 3.06 bits per heavy atom. The van der Waals surface area contributed by atoms with Crippen LogP contribution < -0.4 is 0 Å². The molecule has 1 aromatic heterocycles. The van der Waals surface area contributed by atoms with Crippen LogP contribution in [-0.4, -0.2) is 21.0 Å². The van der Waals surface area contributed by atoms with Gasteiger partial charge in [-0.25, -0.2) is 0 Å². The van der Waals surface area contributed by atoms with Crippen LogP contribution in [0.1, 0.15) is 12.7 Å². The molecular weight excluding hydrogens is 351 g/mol. The minimum Gasteiger partial charge on any atom is -0.507 e. The zero-order chi connectivity index (χ0) is 12.3. The molecule has 6 heteroatoms. The molecule has 17 heavy (non-hydrogen) atoms. The van der Waals surface area contributed by atoms with Crippen molar-refractivity contribution in [2.45, 2.75) is 12.7 Å². The van der Waals surface area contributed by atoms with Crippen LogP contribution >= 0.6 is 34.4 Å². The number of thioether (sulfide) groups is 1. The molecule has 0 aliphatic rings. The van der Waals surface area contributed by atoms with E-state index in [4.69, 9.17) is 4.52 Å². The molecular formula is C11H11IN2O2S. The highest BCUT2D eigenvalue weighted by Gasteiger charge is 2.13. The maximum Gasteiger partial charge on any atom is 0.261 e. The normalized spacial score (nSPS) is 10.7. The highest BCUT2D eigenvalue weighted by Crippen LogP contribution is 2.29. The molecule has 1 aromatic carbocycles. The van der Waals surface area contributed by atoms with Gasteiger partial charge in [0.05, 0.1) is 11.3 Å². The molecule has 1 N–H and O–H groups in total. The molecule has 1 heterocycles. The summed E-state index contributed by atoms with van der Waals surface area (Å²) in [7, 11) is 0. The number of aromatic nitrogens is 2. The number of hydrogen-bond acceptors (Lipinski definition) is 5. The van der Waals surface area contributed by atoms with Gasteiger partial charge in [-0.3, -0.25) is 0 Å². The first-order valence-corrected chi connectivity index (χ1v) is 7.33. The minimum absolute atomic E-state index is 0.156. The Morgan fingerprint density at radius 2 is 2.29 bits per heavy atom. The van der Waals surface area contributed by atoms with E-state index in [0.717, 1.165) is 15.1 Å². The fourth-order valence-corrected chi connectivity index (χ4v) is 2.29. The van der Waals surface area contributed by atoms with Gasteiger partial charge >= 0.3 is 0 Å². The number of phenolic OH excluding ortho intramolecular Hbond substituents is 1. The predicted molar refractivity (Wildman–Crippen MR) is 76.0 cm³/mol. The second-order valence-electron chi connectivity index (χ2n) is 3.31. The quantitative estimate of drug-likeness (QED) is 0.846. The lowest BCUT2D eigenvalue weighted by atomic mass is 10.2. The molecule has 0 aliphatic heterocycles. The van der Waals surface area contributed by atoms with Crippen LogP contribution in [0, 0.1) is 3.57 Å². The summed E-state index contributed by atoms with van der Waals surface area (Å²) in [5, 5.41) is 13.6. The number of nitrogens with zero attached hydrogens (tertiary/aromatic N) is 2.